The highest BCUT2D eigenvalue weighted by molar-refractivity contribution is 8.00. The normalized spacial score (nSPS) is 12.0. The van der Waals surface area contributed by atoms with Crippen molar-refractivity contribution in [3.63, 3.8) is 0 Å². The summed E-state index contributed by atoms with van der Waals surface area (Å²) in [6.07, 6.45) is 1.52. The molecule has 0 radical (unpaired) electrons. The van der Waals surface area contributed by atoms with E-state index in [1.54, 1.807) is 23.9 Å². The Labute approximate surface area is 134 Å². The van der Waals surface area contributed by atoms with Crippen LogP contribution in [0.3, 0.4) is 0 Å². The molecule has 120 valence electrons. The third-order valence-corrected chi connectivity index (χ3v) is 3.70. The molecule has 1 atom stereocenters. The fraction of sp³-hybridized carbons (Fsp3) is 0.375. The molecule has 1 aromatic rings. The molecule has 1 unspecified atom stereocenters. The second-order valence-corrected chi connectivity index (χ2v) is 6.47. The Balaban J connectivity index is 2.81. The molecule has 0 aliphatic carbocycles. The summed E-state index contributed by atoms with van der Waals surface area (Å²) in [7, 11) is 0. The van der Waals surface area contributed by atoms with Crippen molar-refractivity contribution in [2.45, 2.75) is 30.0 Å². The SMILES string of the molecule is C=CCOCC(NC(=O)c1ccccc1SC(C)C)C(=O)O. The van der Waals surface area contributed by atoms with Crippen LogP contribution in [0.2, 0.25) is 0 Å². The van der Waals surface area contributed by atoms with Crippen LogP contribution in [0.1, 0.15) is 24.2 Å². The number of carboxylic acids is 1. The van der Waals surface area contributed by atoms with Crippen LogP contribution in [0.4, 0.5) is 0 Å². The number of carbonyl (C=O) groups is 2. The zero-order valence-corrected chi connectivity index (χ0v) is 13.6. The van der Waals surface area contributed by atoms with E-state index in [0.717, 1.165) is 4.90 Å². The number of hydrogen-bond acceptors (Lipinski definition) is 4. The fourth-order valence-corrected chi connectivity index (χ4v) is 2.64. The first-order valence-corrected chi connectivity index (χ1v) is 7.81. The van der Waals surface area contributed by atoms with Crippen molar-refractivity contribution >= 4 is 23.6 Å². The minimum Gasteiger partial charge on any atom is -0.480 e. The number of nitrogens with one attached hydrogen (secondary N) is 1. The van der Waals surface area contributed by atoms with E-state index in [-0.39, 0.29) is 13.2 Å². The van der Waals surface area contributed by atoms with Gasteiger partial charge in [-0.25, -0.2) is 4.79 Å². The molecule has 0 heterocycles. The summed E-state index contributed by atoms with van der Waals surface area (Å²) >= 11 is 1.56. The Morgan fingerprint density at radius 2 is 2.09 bits per heavy atom. The highest BCUT2D eigenvalue weighted by Crippen LogP contribution is 2.26. The summed E-state index contributed by atoms with van der Waals surface area (Å²) in [5.41, 5.74) is 0.469. The third-order valence-electron chi connectivity index (χ3n) is 2.62. The molecule has 6 heteroatoms. The average Bonchev–Trinajstić information content (AvgIpc) is 2.46. The van der Waals surface area contributed by atoms with E-state index < -0.39 is 17.9 Å². The predicted molar refractivity (Wildman–Crippen MR) is 87.3 cm³/mol. The number of aliphatic carboxylic acids is 1. The second-order valence-electron chi connectivity index (χ2n) is 4.85. The number of rotatable bonds is 9. The lowest BCUT2D eigenvalue weighted by molar-refractivity contribution is -0.140. The number of carbonyl (C=O) groups excluding carboxylic acids is 1. The lowest BCUT2D eigenvalue weighted by Gasteiger charge is -2.16. The number of thioether (sulfide) groups is 1. The molecule has 1 amide bonds. The monoisotopic (exact) mass is 323 g/mol. The molecule has 1 aromatic carbocycles. The van der Waals surface area contributed by atoms with Crippen molar-refractivity contribution in [2.24, 2.45) is 0 Å². The molecule has 2 N–H and O–H groups in total. The van der Waals surface area contributed by atoms with E-state index in [2.05, 4.69) is 11.9 Å². The quantitative estimate of drug-likeness (QED) is 0.415. The molecular weight excluding hydrogens is 302 g/mol. The van der Waals surface area contributed by atoms with Crippen LogP contribution in [0.5, 0.6) is 0 Å². The summed E-state index contributed by atoms with van der Waals surface area (Å²) < 4.78 is 5.12. The largest absolute Gasteiger partial charge is 0.480 e. The van der Waals surface area contributed by atoms with Gasteiger partial charge >= 0.3 is 5.97 Å². The summed E-state index contributed by atoms with van der Waals surface area (Å²) in [6, 6.07) is 6.05. The minimum atomic E-state index is -1.13. The number of hydrogen-bond donors (Lipinski definition) is 2. The van der Waals surface area contributed by atoms with Gasteiger partial charge in [-0.05, 0) is 12.1 Å². The van der Waals surface area contributed by atoms with Crippen molar-refractivity contribution in [3.8, 4) is 0 Å². The van der Waals surface area contributed by atoms with E-state index in [9.17, 15) is 9.59 Å². The van der Waals surface area contributed by atoms with Gasteiger partial charge in [-0.15, -0.1) is 18.3 Å². The van der Waals surface area contributed by atoms with Crippen LogP contribution >= 0.6 is 11.8 Å². The Hall–Kier alpha value is -1.79. The Bertz CT molecular complexity index is 531. The third kappa shape index (κ3) is 5.91. The van der Waals surface area contributed by atoms with Crippen LogP contribution < -0.4 is 5.32 Å². The molecule has 0 saturated heterocycles. The predicted octanol–water partition coefficient (Wildman–Crippen LogP) is 2.57. The molecule has 0 bridgehead atoms. The molecule has 0 fully saturated rings. The average molecular weight is 323 g/mol. The smallest absolute Gasteiger partial charge is 0.328 e. The maximum atomic E-state index is 12.3. The minimum absolute atomic E-state index is 0.105. The van der Waals surface area contributed by atoms with Crippen molar-refractivity contribution in [1.29, 1.82) is 0 Å². The van der Waals surface area contributed by atoms with E-state index in [1.165, 1.54) is 6.08 Å². The number of ether oxygens (including phenoxy) is 1. The van der Waals surface area contributed by atoms with Crippen LogP contribution in [-0.4, -0.2) is 41.5 Å². The molecule has 0 aliphatic rings. The molecule has 0 saturated carbocycles. The van der Waals surface area contributed by atoms with Gasteiger partial charge in [0.1, 0.15) is 0 Å². The number of carboxylic acid groups (broad SMARTS) is 1. The van der Waals surface area contributed by atoms with Gasteiger partial charge < -0.3 is 15.2 Å². The van der Waals surface area contributed by atoms with Crippen LogP contribution in [0, 0.1) is 0 Å². The van der Waals surface area contributed by atoms with Crippen molar-refractivity contribution in [3.05, 3.63) is 42.5 Å². The van der Waals surface area contributed by atoms with Gasteiger partial charge in [0.25, 0.3) is 5.91 Å². The van der Waals surface area contributed by atoms with E-state index in [0.29, 0.717) is 10.8 Å². The number of amides is 1. The second kappa shape index (κ2) is 9.27. The van der Waals surface area contributed by atoms with Crippen molar-refractivity contribution < 1.29 is 19.4 Å². The van der Waals surface area contributed by atoms with Crippen molar-refractivity contribution in [1.82, 2.24) is 5.32 Å². The Kier molecular flexibility index (Phi) is 7.70. The van der Waals surface area contributed by atoms with Gasteiger partial charge in [-0.2, -0.15) is 0 Å². The highest BCUT2D eigenvalue weighted by Gasteiger charge is 2.22. The van der Waals surface area contributed by atoms with E-state index >= 15 is 0 Å². The molecule has 0 spiro atoms. The fourth-order valence-electron chi connectivity index (χ4n) is 1.69. The molecular formula is C16H21NO4S. The molecule has 5 nitrogen and oxygen atoms in total. The maximum absolute atomic E-state index is 12.3. The lowest BCUT2D eigenvalue weighted by Crippen LogP contribution is -2.44. The van der Waals surface area contributed by atoms with Crippen molar-refractivity contribution in [2.75, 3.05) is 13.2 Å². The zero-order valence-electron chi connectivity index (χ0n) is 12.7. The topological polar surface area (TPSA) is 75.6 Å². The Morgan fingerprint density at radius 3 is 2.68 bits per heavy atom. The summed E-state index contributed by atoms with van der Waals surface area (Å²) in [6.45, 7) is 7.68. The summed E-state index contributed by atoms with van der Waals surface area (Å²) in [5, 5.41) is 12.0. The van der Waals surface area contributed by atoms with Gasteiger partial charge in [0.05, 0.1) is 18.8 Å². The van der Waals surface area contributed by atoms with Crippen LogP contribution in [0.15, 0.2) is 41.8 Å². The van der Waals surface area contributed by atoms with E-state index in [4.69, 9.17) is 9.84 Å². The van der Waals surface area contributed by atoms with Crippen LogP contribution in [-0.2, 0) is 9.53 Å². The summed E-state index contributed by atoms with van der Waals surface area (Å²) in [5.74, 6) is -1.55. The van der Waals surface area contributed by atoms with Gasteiger partial charge in [-0.3, -0.25) is 4.79 Å². The molecule has 0 aliphatic heterocycles. The maximum Gasteiger partial charge on any atom is 0.328 e. The first-order valence-electron chi connectivity index (χ1n) is 6.93. The first kappa shape index (κ1) is 18.3. The number of benzene rings is 1. The Morgan fingerprint density at radius 1 is 1.41 bits per heavy atom. The van der Waals surface area contributed by atoms with Gasteiger partial charge in [0, 0.05) is 10.1 Å². The van der Waals surface area contributed by atoms with E-state index in [1.807, 2.05) is 26.0 Å². The lowest BCUT2D eigenvalue weighted by atomic mass is 10.2. The van der Waals surface area contributed by atoms with Crippen LogP contribution in [0.25, 0.3) is 0 Å². The molecule has 1 rings (SSSR count). The first-order chi connectivity index (χ1) is 10.5. The van der Waals surface area contributed by atoms with Gasteiger partial charge in [0.15, 0.2) is 6.04 Å². The molecule has 22 heavy (non-hydrogen) atoms. The molecule has 0 aromatic heterocycles. The van der Waals surface area contributed by atoms with Gasteiger partial charge in [0.2, 0.25) is 0 Å². The highest BCUT2D eigenvalue weighted by atomic mass is 32.2. The van der Waals surface area contributed by atoms with Gasteiger partial charge in [-0.1, -0.05) is 32.1 Å². The zero-order chi connectivity index (χ0) is 16.5. The standard InChI is InChI=1S/C16H21NO4S/c1-4-9-21-10-13(16(19)20)17-15(18)12-7-5-6-8-14(12)22-11(2)3/h4-8,11,13H,1,9-10H2,2-3H3,(H,17,18)(H,19,20). The summed E-state index contributed by atoms with van der Waals surface area (Å²) in [4.78, 5) is 24.4.